The van der Waals surface area contributed by atoms with Crippen molar-refractivity contribution >= 4 is 48.9 Å². The largest absolute Gasteiger partial charge is 0.315 e. The highest BCUT2D eigenvalue weighted by atomic mass is 79.9. The van der Waals surface area contributed by atoms with Crippen LogP contribution >= 0.6 is 38.9 Å². The molecule has 0 radical (unpaired) electrons. The number of benzene rings is 1. The van der Waals surface area contributed by atoms with E-state index in [0.717, 1.165) is 10.4 Å². The molecule has 2 aromatic rings. The molecule has 0 saturated carbocycles. The second kappa shape index (κ2) is 7.21. The van der Waals surface area contributed by atoms with Crippen LogP contribution in [0.5, 0.6) is 0 Å². The van der Waals surface area contributed by atoms with Crippen LogP contribution in [0.1, 0.15) is 10.4 Å². The molecule has 0 aliphatic heterocycles. The Labute approximate surface area is 141 Å². The minimum Gasteiger partial charge on any atom is -0.315 e. The fourth-order valence-corrected chi connectivity index (χ4v) is 5.64. The Morgan fingerprint density at radius 1 is 1.29 bits per heavy atom. The highest BCUT2D eigenvalue weighted by Crippen LogP contribution is 2.31. The quantitative estimate of drug-likeness (QED) is 0.769. The van der Waals surface area contributed by atoms with Crippen molar-refractivity contribution in [3.8, 4) is 0 Å². The maximum Gasteiger partial charge on any atom is 0.242 e. The Balaban J connectivity index is 2.17. The van der Waals surface area contributed by atoms with E-state index in [0.29, 0.717) is 15.4 Å². The first-order valence-corrected chi connectivity index (χ1v) is 9.57. The third-order valence-electron chi connectivity index (χ3n) is 2.76. The predicted molar refractivity (Wildman–Crippen MR) is 90.3 cm³/mol. The van der Waals surface area contributed by atoms with Crippen LogP contribution in [-0.2, 0) is 23.1 Å². The molecule has 4 nitrogen and oxygen atoms in total. The maximum absolute atomic E-state index is 12.4. The molecule has 1 aromatic carbocycles. The molecule has 0 saturated heterocycles. The fraction of sp³-hybridized carbons (Fsp3) is 0.231. The minimum absolute atomic E-state index is 0.158. The molecule has 21 heavy (non-hydrogen) atoms. The molecular weight excluding hydrogens is 396 g/mol. The van der Waals surface area contributed by atoms with Gasteiger partial charge in [-0.2, -0.15) is 0 Å². The molecule has 0 bridgehead atoms. The molecule has 8 heteroatoms. The molecule has 0 spiro atoms. The Hall–Kier alpha value is -0.440. The first-order chi connectivity index (χ1) is 9.94. The summed E-state index contributed by atoms with van der Waals surface area (Å²) in [6.07, 6.45) is 0. The molecule has 1 aromatic heterocycles. The third kappa shape index (κ3) is 4.28. The lowest BCUT2D eigenvalue weighted by atomic mass is 10.2. The lowest BCUT2D eigenvalue weighted by molar-refractivity contribution is 0.581. The van der Waals surface area contributed by atoms with Gasteiger partial charge in [-0.05, 0) is 40.7 Å². The number of nitrogens with one attached hydrogen (secondary N) is 2. The fourth-order valence-electron chi connectivity index (χ4n) is 1.73. The minimum atomic E-state index is -3.58. The number of hydrogen-bond acceptors (Lipinski definition) is 4. The maximum atomic E-state index is 12.4. The topological polar surface area (TPSA) is 58.2 Å². The summed E-state index contributed by atoms with van der Waals surface area (Å²) in [5.74, 6) is 0. The normalized spacial score (nSPS) is 11.8. The van der Waals surface area contributed by atoms with Gasteiger partial charge in [0.05, 0.1) is 3.79 Å². The van der Waals surface area contributed by atoms with Crippen LogP contribution < -0.4 is 10.0 Å². The van der Waals surface area contributed by atoms with Crippen LogP contribution in [0.25, 0.3) is 0 Å². The Bertz CT molecular complexity index is 732. The van der Waals surface area contributed by atoms with Gasteiger partial charge < -0.3 is 5.32 Å². The first-order valence-electron chi connectivity index (χ1n) is 6.10. The van der Waals surface area contributed by atoms with E-state index >= 15 is 0 Å². The van der Waals surface area contributed by atoms with E-state index in [1.54, 1.807) is 24.3 Å². The summed E-state index contributed by atoms with van der Waals surface area (Å²) < 4.78 is 27.9. The molecule has 1 heterocycles. The molecule has 0 amide bonds. The lowest BCUT2D eigenvalue weighted by Crippen LogP contribution is -2.23. The van der Waals surface area contributed by atoms with Gasteiger partial charge in [0, 0.05) is 23.0 Å². The molecular formula is C13H14BrClN2O2S2. The molecule has 0 aliphatic rings. The van der Waals surface area contributed by atoms with Gasteiger partial charge in [-0.25, -0.2) is 13.1 Å². The van der Waals surface area contributed by atoms with Crippen molar-refractivity contribution in [1.29, 1.82) is 0 Å². The van der Waals surface area contributed by atoms with Crippen LogP contribution in [0.2, 0.25) is 5.02 Å². The van der Waals surface area contributed by atoms with Gasteiger partial charge in [0.25, 0.3) is 0 Å². The van der Waals surface area contributed by atoms with Gasteiger partial charge in [-0.3, -0.25) is 0 Å². The molecule has 0 unspecified atom stereocenters. The van der Waals surface area contributed by atoms with Crippen LogP contribution in [0, 0.1) is 0 Å². The van der Waals surface area contributed by atoms with Crippen molar-refractivity contribution in [3.05, 3.63) is 49.6 Å². The number of thiophene rings is 1. The number of hydrogen-bond donors (Lipinski definition) is 2. The SMILES string of the molecule is CNCc1cc(S(=O)(=O)NCc2ccccc2Cl)c(Br)s1. The summed E-state index contributed by atoms with van der Waals surface area (Å²) in [6, 6.07) is 8.82. The summed E-state index contributed by atoms with van der Waals surface area (Å²) >= 11 is 10.7. The van der Waals surface area contributed by atoms with E-state index < -0.39 is 10.0 Å². The van der Waals surface area contributed by atoms with Gasteiger partial charge in [-0.1, -0.05) is 29.8 Å². The lowest BCUT2D eigenvalue weighted by Gasteiger charge is -2.07. The highest BCUT2D eigenvalue weighted by Gasteiger charge is 2.20. The van der Waals surface area contributed by atoms with E-state index in [1.165, 1.54) is 11.3 Å². The monoisotopic (exact) mass is 408 g/mol. The van der Waals surface area contributed by atoms with Crippen LogP contribution in [0.4, 0.5) is 0 Å². The van der Waals surface area contributed by atoms with Gasteiger partial charge in [-0.15, -0.1) is 11.3 Å². The Morgan fingerprint density at radius 2 is 2.00 bits per heavy atom. The smallest absolute Gasteiger partial charge is 0.242 e. The zero-order valence-corrected chi connectivity index (χ0v) is 15.2. The molecule has 0 fully saturated rings. The standard InChI is InChI=1S/C13H14BrClN2O2S2/c1-16-8-10-6-12(13(14)20-10)21(18,19)17-7-9-4-2-3-5-11(9)15/h2-6,16-17H,7-8H2,1H3. The highest BCUT2D eigenvalue weighted by molar-refractivity contribution is 9.11. The number of rotatable bonds is 6. The zero-order chi connectivity index (χ0) is 15.5. The van der Waals surface area contributed by atoms with Crippen LogP contribution in [0.15, 0.2) is 39.0 Å². The molecule has 0 aliphatic carbocycles. The molecule has 2 rings (SSSR count). The van der Waals surface area contributed by atoms with Crippen molar-refractivity contribution < 1.29 is 8.42 Å². The number of sulfonamides is 1. The average Bonchev–Trinajstić information content (AvgIpc) is 2.80. The average molecular weight is 410 g/mol. The first kappa shape index (κ1) is 16.9. The van der Waals surface area contributed by atoms with E-state index in [-0.39, 0.29) is 11.4 Å². The van der Waals surface area contributed by atoms with Crippen molar-refractivity contribution in [2.45, 2.75) is 18.0 Å². The second-order valence-electron chi connectivity index (χ2n) is 4.30. The van der Waals surface area contributed by atoms with Crippen molar-refractivity contribution in [2.75, 3.05) is 7.05 Å². The van der Waals surface area contributed by atoms with Gasteiger partial charge in [0.15, 0.2) is 0 Å². The zero-order valence-electron chi connectivity index (χ0n) is 11.2. The summed E-state index contributed by atoms with van der Waals surface area (Å²) in [5, 5.41) is 3.54. The number of halogens is 2. The second-order valence-corrected chi connectivity index (χ2v) is 8.89. The van der Waals surface area contributed by atoms with Crippen molar-refractivity contribution in [3.63, 3.8) is 0 Å². The molecule has 114 valence electrons. The predicted octanol–water partition coefficient (Wildman–Crippen LogP) is 3.36. The Kier molecular flexibility index (Phi) is 5.81. The summed E-state index contributed by atoms with van der Waals surface area (Å²) in [5.41, 5.74) is 0.740. The van der Waals surface area contributed by atoms with E-state index in [4.69, 9.17) is 11.6 Å². The Morgan fingerprint density at radius 3 is 2.67 bits per heavy atom. The molecule has 2 N–H and O–H groups in total. The van der Waals surface area contributed by atoms with Crippen LogP contribution in [0.3, 0.4) is 0 Å². The van der Waals surface area contributed by atoms with E-state index in [1.807, 2.05) is 13.1 Å². The van der Waals surface area contributed by atoms with Gasteiger partial charge in [0.2, 0.25) is 10.0 Å². The van der Waals surface area contributed by atoms with Crippen LogP contribution in [-0.4, -0.2) is 15.5 Å². The van der Waals surface area contributed by atoms with Crippen molar-refractivity contribution in [2.24, 2.45) is 0 Å². The summed E-state index contributed by atoms with van der Waals surface area (Å²) in [6.45, 7) is 0.787. The van der Waals surface area contributed by atoms with Gasteiger partial charge in [0.1, 0.15) is 4.90 Å². The third-order valence-corrected chi connectivity index (χ3v) is 6.78. The summed E-state index contributed by atoms with van der Waals surface area (Å²) in [7, 11) is -1.76. The summed E-state index contributed by atoms with van der Waals surface area (Å²) in [4.78, 5) is 1.20. The van der Waals surface area contributed by atoms with E-state index in [9.17, 15) is 8.42 Å². The van der Waals surface area contributed by atoms with Crippen molar-refractivity contribution in [1.82, 2.24) is 10.0 Å². The van der Waals surface area contributed by atoms with Gasteiger partial charge >= 0.3 is 0 Å². The molecule has 0 atom stereocenters. The van der Waals surface area contributed by atoms with E-state index in [2.05, 4.69) is 26.0 Å².